The van der Waals surface area contributed by atoms with Gasteiger partial charge in [-0.3, -0.25) is 13.9 Å². The number of nitrogens with zero attached hydrogens (tertiary/aromatic N) is 2. The van der Waals surface area contributed by atoms with Crippen LogP contribution in [0.2, 0.25) is 20.1 Å². The Kier molecular flexibility index (Phi) is 10.6. The van der Waals surface area contributed by atoms with Gasteiger partial charge in [0.25, 0.3) is 10.0 Å². The number of carbonyl (C=O) groups is 2. The lowest BCUT2D eigenvalue weighted by atomic mass is 10.1. The molecular formula is C29H31Cl4N3O4S. The highest BCUT2D eigenvalue weighted by Crippen LogP contribution is 2.33. The average Bonchev–Trinajstić information content (AvgIpc) is 2.87. The fourth-order valence-electron chi connectivity index (χ4n) is 3.92. The Bertz CT molecular complexity index is 1540. The maximum atomic E-state index is 14.0. The molecule has 1 atom stereocenters. The van der Waals surface area contributed by atoms with Crippen LogP contribution in [0.1, 0.15) is 38.8 Å². The predicted molar refractivity (Wildman–Crippen MR) is 167 cm³/mol. The number of rotatable bonds is 9. The van der Waals surface area contributed by atoms with Gasteiger partial charge in [-0.1, -0.05) is 70.2 Å². The highest BCUT2D eigenvalue weighted by Gasteiger charge is 2.34. The Morgan fingerprint density at radius 2 is 1.46 bits per heavy atom. The van der Waals surface area contributed by atoms with Crippen molar-refractivity contribution in [3.63, 3.8) is 0 Å². The molecule has 7 nitrogen and oxygen atoms in total. The molecule has 0 spiro atoms. The monoisotopic (exact) mass is 657 g/mol. The zero-order valence-corrected chi connectivity index (χ0v) is 27.1. The van der Waals surface area contributed by atoms with Crippen LogP contribution in [0, 0.1) is 6.92 Å². The number of halogens is 4. The smallest absolute Gasteiger partial charge is 0.264 e. The fraction of sp³-hybridized carbons (Fsp3) is 0.310. The van der Waals surface area contributed by atoms with Crippen LogP contribution < -0.4 is 9.62 Å². The van der Waals surface area contributed by atoms with E-state index in [9.17, 15) is 18.0 Å². The average molecular weight is 659 g/mol. The standard InChI is InChI=1S/C29H31Cl4N3O4S/c1-18-6-11-23(12-7-18)41(39,40)36(26-15-22(31)10-13-24(26)32)17-27(37)35(19(2)28(38)34-29(3,4)5)16-20-8-9-21(30)14-25(20)33/h6-15,19H,16-17H2,1-5H3,(H,34,38)/t19-/m1/s1. The topological polar surface area (TPSA) is 86.8 Å². The molecule has 3 rings (SSSR count). The van der Waals surface area contributed by atoms with Gasteiger partial charge in [0.05, 0.1) is 15.6 Å². The molecule has 0 aliphatic carbocycles. The summed E-state index contributed by atoms with van der Waals surface area (Å²) in [7, 11) is -4.30. The summed E-state index contributed by atoms with van der Waals surface area (Å²) in [5, 5.41) is 3.86. The van der Waals surface area contributed by atoms with E-state index in [1.807, 2.05) is 27.7 Å². The molecule has 0 saturated heterocycles. The quantitative estimate of drug-likeness (QED) is 0.265. The molecule has 1 N–H and O–H groups in total. The van der Waals surface area contributed by atoms with Gasteiger partial charge in [-0.05, 0) is 82.6 Å². The lowest BCUT2D eigenvalue weighted by molar-refractivity contribution is -0.140. The molecule has 0 radical (unpaired) electrons. The second-order valence-electron chi connectivity index (χ2n) is 10.6. The normalized spacial score (nSPS) is 12.5. The molecule has 3 aromatic carbocycles. The zero-order valence-electron chi connectivity index (χ0n) is 23.2. The molecule has 0 fully saturated rings. The predicted octanol–water partition coefficient (Wildman–Crippen LogP) is 7.14. The Hall–Kier alpha value is -2.49. The number of hydrogen-bond donors (Lipinski definition) is 1. The second-order valence-corrected chi connectivity index (χ2v) is 14.1. The van der Waals surface area contributed by atoms with Gasteiger partial charge in [-0.2, -0.15) is 0 Å². The molecule has 0 heterocycles. The van der Waals surface area contributed by atoms with Crippen molar-refractivity contribution in [2.75, 3.05) is 10.8 Å². The highest BCUT2D eigenvalue weighted by molar-refractivity contribution is 7.92. The lowest BCUT2D eigenvalue weighted by Gasteiger charge is -2.34. The van der Waals surface area contributed by atoms with Gasteiger partial charge in [0.15, 0.2) is 0 Å². The number of anilines is 1. The lowest BCUT2D eigenvalue weighted by Crippen LogP contribution is -2.54. The van der Waals surface area contributed by atoms with Crippen molar-refractivity contribution in [2.45, 2.75) is 57.6 Å². The van der Waals surface area contributed by atoms with Crippen LogP contribution in [0.3, 0.4) is 0 Å². The minimum atomic E-state index is -4.30. The molecule has 0 saturated carbocycles. The molecule has 0 aliphatic rings. The van der Waals surface area contributed by atoms with E-state index in [2.05, 4.69) is 5.32 Å². The van der Waals surface area contributed by atoms with E-state index in [1.54, 1.807) is 31.2 Å². The van der Waals surface area contributed by atoms with E-state index in [0.29, 0.717) is 15.6 Å². The van der Waals surface area contributed by atoms with Crippen LogP contribution in [-0.4, -0.2) is 43.3 Å². The van der Waals surface area contributed by atoms with Crippen LogP contribution in [0.25, 0.3) is 0 Å². The molecular weight excluding hydrogens is 628 g/mol. The van der Waals surface area contributed by atoms with Crippen LogP contribution in [0.4, 0.5) is 5.69 Å². The first-order valence-electron chi connectivity index (χ1n) is 12.6. The maximum Gasteiger partial charge on any atom is 0.264 e. The number of hydrogen-bond acceptors (Lipinski definition) is 4. The summed E-state index contributed by atoms with van der Waals surface area (Å²) < 4.78 is 28.8. The van der Waals surface area contributed by atoms with Crippen molar-refractivity contribution in [3.05, 3.63) is 91.9 Å². The summed E-state index contributed by atoms with van der Waals surface area (Å²) in [6.07, 6.45) is 0. The van der Waals surface area contributed by atoms with Crippen molar-refractivity contribution in [2.24, 2.45) is 0 Å². The summed E-state index contributed by atoms with van der Waals surface area (Å²) in [4.78, 5) is 28.5. The number of sulfonamides is 1. The summed E-state index contributed by atoms with van der Waals surface area (Å²) in [5.74, 6) is -1.09. The third-order valence-corrected chi connectivity index (χ3v) is 9.00. The van der Waals surface area contributed by atoms with Crippen molar-refractivity contribution in [1.82, 2.24) is 10.2 Å². The summed E-state index contributed by atoms with van der Waals surface area (Å²) in [5.41, 5.74) is 0.822. The molecule has 41 heavy (non-hydrogen) atoms. The molecule has 3 aromatic rings. The molecule has 2 amide bonds. The first kappa shape index (κ1) is 33.0. The van der Waals surface area contributed by atoms with E-state index in [0.717, 1.165) is 9.87 Å². The van der Waals surface area contributed by atoms with Gasteiger partial charge in [0.1, 0.15) is 12.6 Å². The number of carbonyl (C=O) groups excluding carboxylic acids is 2. The minimum Gasteiger partial charge on any atom is -0.350 e. The Morgan fingerprint density at radius 3 is 2.05 bits per heavy atom. The SMILES string of the molecule is Cc1ccc(S(=O)(=O)N(CC(=O)N(Cc2ccc(Cl)cc2Cl)[C@H](C)C(=O)NC(C)(C)C)c2cc(Cl)ccc2Cl)cc1. The van der Waals surface area contributed by atoms with E-state index in [1.165, 1.54) is 41.3 Å². The van der Waals surface area contributed by atoms with E-state index < -0.39 is 40.0 Å². The van der Waals surface area contributed by atoms with Gasteiger partial charge < -0.3 is 10.2 Å². The number of aryl methyl sites for hydroxylation is 1. The van der Waals surface area contributed by atoms with Gasteiger partial charge in [0, 0.05) is 27.2 Å². The first-order valence-corrected chi connectivity index (χ1v) is 15.5. The van der Waals surface area contributed by atoms with Crippen LogP contribution in [0.15, 0.2) is 65.6 Å². The van der Waals surface area contributed by atoms with Crippen LogP contribution in [0.5, 0.6) is 0 Å². The maximum absolute atomic E-state index is 14.0. The summed E-state index contributed by atoms with van der Waals surface area (Å²) in [6, 6.07) is 14.3. The molecule has 220 valence electrons. The summed E-state index contributed by atoms with van der Waals surface area (Å²) >= 11 is 25.1. The van der Waals surface area contributed by atoms with Crippen molar-refractivity contribution in [1.29, 1.82) is 0 Å². The largest absolute Gasteiger partial charge is 0.350 e. The summed E-state index contributed by atoms with van der Waals surface area (Å²) in [6.45, 7) is 8.08. The highest BCUT2D eigenvalue weighted by atomic mass is 35.5. The molecule has 0 aliphatic heterocycles. The van der Waals surface area contributed by atoms with Gasteiger partial charge in [0.2, 0.25) is 11.8 Å². The van der Waals surface area contributed by atoms with Gasteiger partial charge in [-0.25, -0.2) is 8.42 Å². The van der Waals surface area contributed by atoms with E-state index in [4.69, 9.17) is 46.4 Å². The second kappa shape index (κ2) is 13.2. The molecule has 12 heteroatoms. The fourth-order valence-corrected chi connectivity index (χ4v) is 6.25. The number of nitrogens with one attached hydrogen (secondary N) is 1. The van der Waals surface area contributed by atoms with Gasteiger partial charge >= 0.3 is 0 Å². The Morgan fingerprint density at radius 1 is 0.878 bits per heavy atom. The van der Waals surface area contributed by atoms with Crippen molar-refractivity contribution < 1.29 is 18.0 Å². The molecule has 0 unspecified atom stereocenters. The third-order valence-electron chi connectivity index (χ3n) is 6.09. The number of amides is 2. The minimum absolute atomic E-state index is 0.0179. The Balaban J connectivity index is 2.10. The number of benzene rings is 3. The molecule has 0 bridgehead atoms. The first-order chi connectivity index (χ1) is 19.0. The molecule has 0 aromatic heterocycles. The zero-order chi connectivity index (χ0) is 30.7. The van der Waals surface area contributed by atoms with Gasteiger partial charge in [-0.15, -0.1) is 0 Å². The third kappa shape index (κ3) is 8.52. The van der Waals surface area contributed by atoms with Crippen LogP contribution >= 0.6 is 46.4 Å². The van der Waals surface area contributed by atoms with E-state index >= 15 is 0 Å². The van der Waals surface area contributed by atoms with Crippen molar-refractivity contribution >= 4 is 73.9 Å². The van der Waals surface area contributed by atoms with Crippen LogP contribution in [-0.2, 0) is 26.2 Å². The van der Waals surface area contributed by atoms with Crippen molar-refractivity contribution in [3.8, 4) is 0 Å². The van der Waals surface area contributed by atoms with E-state index in [-0.39, 0.29) is 27.2 Å². The Labute approximate surface area is 261 Å².